The minimum Gasteiger partial charge on any atom is -0.299 e. The Kier molecular flexibility index (Phi) is 4.05. The van der Waals surface area contributed by atoms with E-state index in [-0.39, 0.29) is 30.3 Å². The maximum atomic E-state index is 13.0. The Hall–Kier alpha value is -2.03. The number of carbonyl (C=O) groups excluding carboxylic acids is 1. The normalized spacial score (nSPS) is 10.5. The summed E-state index contributed by atoms with van der Waals surface area (Å²) in [5, 5.41) is 0. The molecule has 0 spiro atoms. The number of rotatable bonds is 4. The summed E-state index contributed by atoms with van der Waals surface area (Å²) in [6, 6.07) is 10.4. The number of ketones is 1. The van der Waals surface area contributed by atoms with E-state index in [9.17, 15) is 13.6 Å². The van der Waals surface area contributed by atoms with E-state index >= 15 is 0 Å². The van der Waals surface area contributed by atoms with Crippen LogP contribution in [0.2, 0.25) is 0 Å². The van der Waals surface area contributed by atoms with Crippen LogP contribution in [-0.2, 0) is 17.6 Å². The Morgan fingerprint density at radius 1 is 1.00 bits per heavy atom. The van der Waals surface area contributed by atoms with Crippen molar-refractivity contribution in [3.8, 4) is 0 Å². The Balaban J connectivity index is 2.05. The average Bonchev–Trinajstić information content (AvgIpc) is 2.33. The molecule has 1 nitrogen and oxygen atoms in total. The highest BCUT2D eigenvalue weighted by atomic mass is 19.1. The molecule has 0 aliphatic rings. The monoisotopic (exact) mass is 260 g/mol. The van der Waals surface area contributed by atoms with Crippen LogP contribution in [0.4, 0.5) is 8.78 Å². The van der Waals surface area contributed by atoms with E-state index in [1.165, 1.54) is 24.3 Å². The summed E-state index contributed by atoms with van der Waals surface area (Å²) in [6.45, 7) is 1.77. The summed E-state index contributed by atoms with van der Waals surface area (Å²) >= 11 is 0. The fourth-order valence-electron chi connectivity index (χ4n) is 2.01. The molecule has 0 bridgehead atoms. The third-order valence-electron chi connectivity index (χ3n) is 2.98. The van der Waals surface area contributed by atoms with Crippen molar-refractivity contribution in [2.24, 2.45) is 0 Å². The molecule has 0 amide bonds. The van der Waals surface area contributed by atoms with Gasteiger partial charge in [-0.15, -0.1) is 0 Å². The number of hydrogen-bond donors (Lipinski definition) is 0. The fourth-order valence-corrected chi connectivity index (χ4v) is 2.01. The summed E-state index contributed by atoms with van der Waals surface area (Å²) < 4.78 is 25.9. The number of carbonyl (C=O) groups is 1. The van der Waals surface area contributed by atoms with Crippen molar-refractivity contribution in [2.45, 2.75) is 19.8 Å². The summed E-state index contributed by atoms with van der Waals surface area (Å²) in [7, 11) is 0. The molecular weight excluding hydrogens is 246 g/mol. The van der Waals surface area contributed by atoms with Gasteiger partial charge in [0.05, 0.1) is 0 Å². The van der Waals surface area contributed by atoms with Gasteiger partial charge < -0.3 is 0 Å². The summed E-state index contributed by atoms with van der Waals surface area (Å²) in [6.07, 6.45) is 0.428. The van der Waals surface area contributed by atoms with E-state index in [1.807, 2.05) is 0 Å². The molecule has 0 aromatic heterocycles. The smallest absolute Gasteiger partial charge is 0.141 e. The SMILES string of the molecule is Cc1cc(F)ccc1CC(=O)Cc1cccc(F)c1. The lowest BCUT2D eigenvalue weighted by molar-refractivity contribution is -0.117. The van der Waals surface area contributed by atoms with Crippen LogP contribution in [0.25, 0.3) is 0 Å². The molecule has 0 atom stereocenters. The first-order valence-corrected chi connectivity index (χ1v) is 6.06. The average molecular weight is 260 g/mol. The predicted molar refractivity (Wildman–Crippen MR) is 70.0 cm³/mol. The second-order valence-corrected chi connectivity index (χ2v) is 4.59. The molecule has 2 aromatic carbocycles. The van der Waals surface area contributed by atoms with Crippen LogP contribution in [0.5, 0.6) is 0 Å². The van der Waals surface area contributed by atoms with E-state index < -0.39 is 0 Å². The zero-order valence-electron chi connectivity index (χ0n) is 10.6. The fraction of sp³-hybridized carbons (Fsp3) is 0.188. The lowest BCUT2D eigenvalue weighted by atomic mass is 9.99. The number of hydrogen-bond acceptors (Lipinski definition) is 1. The highest BCUT2D eigenvalue weighted by Gasteiger charge is 2.08. The van der Waals surface area contributed by atoms with Gasteiger partial charge in [0, 0.05) is 12.8 Å². The van der Waals surface area contributed by atoms with E-state index in [4.69, 9.17) is 0 Å². The maximum absolute atomic E-state index is 13.0. The number of Topliss-reactive ketones (excluding diaryl/α,β-unsaturated/α-hetero) is 1. The number of benzene rings is 2. The predicted octanol–water partition coefficient (Wildman–Crippen LogP) is 3.63. The molecule has 0 N–H and O–H groups in total. The molecule has 3 heteroatoms. The minimum absolute atomic E-state index is 0.0136. The first-order chi connectivity index (χ1) is 9.04. The molecule has 0 heterocycles. The quantitative estimate of drug-likeness (QED) is 0.820. The van der Waals surface area contributed by atoms with Crippen molar-refractivity contribution < 1.29 is 13.6 Å². The number of aryl methyl sites for hydroxylation is 1. The topological polar surface area (TPSA) is 17.1 Å². The van der Waals surface area contributed by atoms with Crippen LogP contribution in [0.1, 0.15) is 16.7 Å². The van der Waals surface area contributed by atoms with Gasteiger partial charge in [0.1, 0.15) is 17.4 Å². The van der Waals surface area contributed by atoms with Crippen LogP contribution in [0.3, 0.4) is 0 Å². The lowest BCUT2D eigenvalue weighted by Crippen LogP contribution is -2.08. The Bertz CT molecular complexity index is 605. The highest BCUT2D eigenvalue weighted by Crippen LogP contribution is 2.13. The van der Waals surface area contributed by atoms with Gasteiger partial charge in [-0.2, -0.15) is 0 Å². The second kappa shape index (κ2) is 5.74. The standard InChI is InChI=1S/C16H14F2O/c1-11-7-15(18)6-5-13(11)10-16(19)9-12-3-2-4-14(17)8-12/h2-8H,9-10H2,1H3. The molecule has 0 fully saturated rings. The van der Waals surface area contributed by atoms with Gasteiger partial charge in [0.15, 0.2) is 0 Å². The first-order valence-electron chi connectivity index (χ1n) is 6.06. The third kappa shape index (κ3) is 3.71. The molecule has 0 radical (unpaired) electrons. The van der Waals surface area contributed by atoms with Gasteiger partial charge in [-0.05, 0) is 47.9 Å². The maximum Gasteiger partial charge on any atom is 0.141 e. The van der Waals surface area contributed by atoms with Crippen molar-refractivity contribution in [1.82, 2.24) is 0 Å². The minimum atomic E-state index is -0.344. The zero-order chi connectivity index (χ0) is 13.8. The van der Waals surface area contributed by atoms with Crippen LogP contribution >= 0.6 is 0 Å². The molecule has 2 rings (SSSR count). The molecule has 19 heavy (non-hydrogen) atoms. The number of halogens is 2. The van der Waals surface area contributed by atoms with Crippen LogP contribution < -0.4 is 0 Å². The van der Waals surface area contributed by atoms with E-state index in [2.05, 4.69) is 0 Å². The van der Waals surface area contributed by atoms with Crippen LogP contribution in [-0.4, -0.2) is 5.78 Å². The van der Waals surface area contributed by atoms with Crippen LogP contribution in [0, 0.1) is 18.6 Å². The molecule has 0 aliphatic carbocycles. The third-order valence-corrected chi connectivity index (χ3v) is 2.98. The molecule has 2 aromatic rings. The summed E-state index contributed by atoms with van der Waals surface area (Å²) in [4.78, 5) is 11.9. The molecule has 0 aliphatic heterocycles. The first kappa shape index (κ1) is 13.4. The Morgan fingerprint density at radius 2 is 1.74 bits per heavy atom. The van der Waals surface area contributed by atoms with E-state index in [0.29, 0.717) is 5.56 Å². The van der Waals surface area contributed by atoms with E-state index in [0.717, 1.165) is 11.1 Å². The zero-order valence-corrected chi connectivity index (χ0v) is 10.6. The Labute approximate surface area is 110 Å². The molecule has 98 valence electrons. The van der Waals surface area contributed by atoms with Crippen molar-refractivity contribution in [2.75, 3.05) is 0 Å². The van der Waals surface area contributed by atoms with Crippen molar-refractivity contribution in [3.05, 3.63) is 70.8 Å². The van der Waals surface area contributed by atoms with Gasteiger partial charge in [0.25, 0.3) is 0 Å². The van der Waals surface area contributed by atoms with Gasteiger partial charge in [-0.25, -0.2) is 8.78 Å². The van der Waals surface area contributed by atoms with Gasteiger partial charge in [-0.3, -0.25) is 4.79 Å². The highest BCUT2D eigenvalue weighted by molar-refractivity contribution is 5.83. The van der Waals surface area contributed by atoms with Crippen molar-refractivity contribution in [3.63, 3.8) is 0 Å². The van der Waals surface area contributed by atoms with Gasteiger partial charge in [0.2, 0.25) is 0 Å². The molecule has 0 saturated carbocycles. The van der Waals surface area contributed by atoms with Crippen molar-refractivity contribution >= 4 is 5.78 Å². The largest absolute Gasteiger partial charge is 0.299 e. The van der Waals surface area contributed by atoms with E-state index in [1.54, 1.807) is 25.1 Å². The van der Waals surface area contributed by atoms with Gasteiger partial charge in [-0.1, -0.05) is 18.2 Å². The van der Waals surface area contributed by atoms with Crippen molar-refractivity contribution in [1.29, 1.82) is 0 Å². The summed E-state index contributed by atoms with van der Waals surface area (Å²) in [5.74, 6) is -0.664. The molecule has 0 saturated heterocycles. The molecule has 0 unspecified atom stereocenters. The molecular formula is C16H14F2O. The van der Waals surface area contributed by atoms with Crippen LogP contribution in [0.15, 0.2) is 42.5 Å². The second-order valence-electron chi connectivity index (χ2n) is 4.59. The van der Waals surface area contributed by atoms with Gasteiger partial charge >= 0.3 is 0 Å². The lowest BCUT2D eigenvalue weighted by Gasteiger charge is -2.05. The Morgan fingerprint density at radius 3 is 2.42 bits per heavy atom. The summed E-state index contributed by atoms with van der Waals surface area (Å²) in [5.41, 5.74) is 2.22.